The molecule has 25 heavy (non-hydrogen) atoms. The van der Waals surface area contributed by atoms with Crippen LogP contribution in [0.3, 0.4) is 0 Å². The molecule has 0 spiro atoms. The Labute approximate surface area is 159 Å². The van der Waals surface area contributed by atoms with Crippen molar-refractivity contribution in [3.63, 3.8) is 0 Å². The van der Waals surface area contributed by atoms with Crippen molar-refractivity contribution < 1.29 is 9.47 Å². The van der Waals surface area contributed by atoms with Crippen molar-refractivity contribution in [3.05, 3.63) is 63.6 Å². The normalized spacial score (nSPS) is 15.3. The lowest BCUT2D eigenvalue weighted by Gasteiger charge is -2.26. The number of hydrogen-bond acceptors (Lipinski definition) is 3. The molecule has 0 saturated carbocycles. The van der Waals surface area contributed by atoms with Crippen LogP contribution in [0.25, 0.3) is 0 Å². The van der Waals surface area contributed by atoms with Gasteiger partial charge in [0.2, 0.25) is 0 Å². The maximum Gasteiger partial charge on any atom is 0.122 e. The van der Waals surface area contributed by atoms with Gasteiger partial charge in [0.1, 0.15) is 12.4 Å². The van der Waals surface area contributed by atoms with Gasteiger partial charge in [-0.3, -0.25) is 4.90 Å². The quantitative estimate of drug-likeness (QED) is 0.686. The minimum absolute atomic E-state index is 0.441. The molecule has 1 aliphatic heterocycles. The Bertz CT molecular complexity index is 687. The third kappa shape index (κ3) is 5.61. The summed E-state index contributed by atoms with van der Waals surface area (Å²) in [5.41, 5.74) is 2.18. The van der Waals surface area contributed by atoms with Crippen LogP contribution in [0.1, 0.15) is 17.5 Å². The molecular weight excluding hydrogens is 357 g/mol. The summed E-state index contributed by atoms with van der Waals surface area (Å²) in [4.78, 5) is 2.46. The van der Waals surface area contributed by atoms with Crippen LogP contribution in [0, 0.1) is 0 Å². The zero-order valence-electron chi connectivity index (χ0n) is 14.2. The van der Waals surface area contributed by atoms with Crippen molar-refractivity contribution >= 4 is 23.2 Å². The largest absolute Gasteiger partial charge is 0.489 e. The molecular formula is C20H23Cl2NO2. The van der Waals surface area contributed by atoms with Gasteiger partial charge in [-0.15, -0.1) is 0 Å². The van der Waals surface area contributed by atoms with E-state index in [0.29, 0.717) is 16.7 Å². The van der Waals surface area contributed by atoms with E-state index in [1.54, 1.807) is 6.07 Å². The highest BCUT2D eigenvalue weighted by molar-refractivity contribution is 6.35. The summed E-state index contributed by atoms with van der Waals surface area (Å²) in [6.07, 6.45) is 2.12. The number of rotatable bonds is 7. The van der Waals surface area contributed by atoms with Gasteiger partial charge in [-0.05, 0) is 43.1 Å². The first-order chi connectivity index (χ1) is 12.2. The first kappa shape index (κ1) is 18.5. The fourth-order valence-corrected chi connectivity index (χ4v) is 3.43. The van der Waals surface area contributed by atoms with Crippen LogP contribution in [0.4, 0.5) is 0 Å². The molecule has 1 saturated heterocycles. The second kappa shape index (κ2) is 9.44. The number of ether oxygens (including phenoxy) is 2. The Morgan fingerprint density at radius 3 is 2.60 bits per heavy atom. The summed E-state index contributed by atoms with van der Waals surface area (Å²) in [5.74, 6) is 0.926. The van der Waals surface area contributed by atoms with E-state index in [9.17, 15) is 0 Å². The molecule has 5 heteroatoms. The van der Waals surface area contributed by atoms with Crippen LogP contribution in [0.15, 0.2) is 42.5 Å². The second-order valence-corrected chi connectivity index (χ2v) is 7.03. The first-order valence-electron chi connectivity index (χ1n) is 8.67. The van der Waals surface area contributed by atoms with Crippen LogP contribution in [0.2, 0.25) is 10.0 Å². The van der Waals surface area contributed by atoms with Gasteiger partial charge in [0.15, 0.2) is 0 Å². The van der Waals surface area contributed by atoms with Gasteiger partial charge in [-0.25, -0.2) is 0 Å². The summed E-state index contributed by atoms with van der Waals surface area (Å²) in [7, 11) is 0. The molecule has 1 fully saturated rings. The van der Waals surface area contributed by atoms with Gasteiger partial charge >= 0.3 is 0 Å². The molecule has 1 heterocycles. The number of para-hydroxylation sites is 1. The average molecular weight is 380 g/mol. The number of aryl methyl sites for hydroxylation is 1. The van der Waals surface area contributed by atoms with Gasteiger partial charge in [0.05, 0.1) is 13.2 Å². The Hall–Kier alpha value is -1.26. The SMILES string of the molecule is Clc1ccc(COc2ccccc2CCCN2CCOCC2)c(Cl)c1. The number of hydrogen-bond donors (Lipinski definition) is 0. The zero-order valence-corrected chi connectivity index (χ0v) is 15.7. The smallest absolute Gasteiger partial charge is 0.122 e. The van der Waals surface area contributed by atoms with Crippen molar-refractivity contribution in [2.75, 3.05) is 32.8 Å². The van der Waals surface area contributed by atoms with Crippen molar-refractivity contribution in [1.82, 2.24) is 4.90 Å². The fraction of sp³-hybridized carbons (Fsp3) is 0.400. The Morgan fingerprint density at radius 2 is 1.80 bits per heavy atom. The Morgan fingerprint density at radius 1 is 1.00 bits per heavy atom. The monoisotopic (exact) mass is 379 g/mol. The maximum atomic E-state index is 6.22. The van der Waals surface area contributed by atoms with Crippen LogP contribution in [0.5, 0.6) is 5.75 Å². The molecule has 2 aromatic rings. The van der Waals surface area contributed by atoms with Crippen molar-refractivity contribution in [2.45, 2.75) is 19.4 Å². The highest BCUT2D eigenvalue weighted by Gasteiger charge is 2.11. The van der Waals surface area contributed by atoms with E-state index in [4.69, 9.17) is 32.7 Å². The molecule has 0 N–H and O–H groups in total. The topological polar surface area (TPSA) is 21.7 Å². The highest BCUT2D eigenvalue weighted by Crippen LogP contribution is 2.25. The van der Waals surface area contributed by atoms with E-state index in [-0.39, 0.29) is 0 Å². The van der Waals surface area contributed by atoms with E-state index in [1.165, 1.54) is 5.56 Å². The number of morpholine rings is 1. The predicted octanol–water partition coefficient (Wildman–Crippen LogP) is 4.84. The fourth-order valence-electron chi connectivity index (χ4n) is 2.96. The van der Waals surface area contributed by atoms with E-state index in [0.717, 1.165) is 57.0 Å². The van der Waals surface area contributed by atoms with E-state index in [2.05, 4.69) is 17.0 Å². The number of nitrogens with zero attached hydrogens (tertiary/aromatic N) is 1. The van der Waals surface area contributed by atoms with Crippen LogP contribution in [-0.4, -0.2) is 37.7 Å². The minimum Gasteiger partial charge on any atom is -0.489 e. The van der Waals surface area contributed by atoms with Crippen molar-refractivity contribution in [2.24, 2.45) is 0 Å². The molecule has 3 rings (SSSR count). The summed E-state index contributed by atoms with van der Waals surface area (Å²) in [6.45, 7) is 5.31. The van der Waals surface area contributed by atoms with Crippen LogP contribution >= 0.6 is 23.2 Å². The summed E-state index contributed by atoms with van der Waals surface area (Å²) >= 11 is 12.2. The van der Waals surface area contributed by atoms with Gasteiger partial charge in [-0.1, -0.05) is 47.5 Å². The lowest BCUT2D eigenvalue weighted by Crippen LogP contribution is -2.36. The predicted molar refractivity (Wildman–Crippen MR) is 103 cm³/mol. The van der Waals surface area contributed by atoms with Crippen molar-refractivity contribution in [3.8, 4) is 5.75 Å². The summed E-state index contributed by atoms with van der Waals surface area (Å²) < 4.78 is 11.4. The first-order valence-corrected chi connectivity index (χ1v) is 9.43. The molecule has 0 aromatic heterocycles. The third-order valence-electron chi connectivity index (χ3n) is 4.40. The van der Waals surface area contributed by atoms with Gasteiger partial charge in [0, 0.05) is 28.7 Å². The molecule has 3 nitrogen and oxygen atoms in total. The molecule has 134 valence electrons. The number of benzene rings is 2. The van der Waals surface area contributed by atoms with Crippen LogP contribution < -0.4 is 4.74 Å². The molecule has 0 aliphatic carbocycles. The molecule has 0 unspecified atom stereocenters. The van der Waals surface area contributed by atoms with Crippen molar-refractivity contribution in [1.29, 1.82) is 0 Å². The molecule has 0 amide bonds. The third-order valence-corrected chi connectivity index (χ3v) is 4.98. The average Bonchev–Trinajstić information content (AvgIpc) is 2.63. The zero-order chi connectivity index (χ0) is 17.5. The maximum absolute atomic E-state index is 6.22. The molecule has 0 atom stereocenters. The second-order valence-electron chi connectivity index (χ2n) is 6.19. The van der Waals surface area contributed by atoms with Gasteiger partial charge in [-0.2, -0.15) is 0 Å². The molecule has 1 aliphatic rings. The lowest BCUT2D eigenvalue weighted by molar-refractivity contribution is 0.0374. The standard InChI is InChI=1S/C20H23Cl2NO2/c21-18-8-7-17(19(22)14-18)15-25-20-6-2-1-4-16(20)5-3-9-23-10-12-24-13-11-23/h1-2,4,6-8,14H,3,5,9-13,15H2. The van der Waals surface area contributed by atoms with Crippen LogP contribution in [-0.2, 0) is 17.8 Å². The number of halogens is 2. The molecule has 0 radical (unpaired) electrons. The van der Waals surface area contributed by atoms with E-state index in [1.807, 2.05) is 24.3 Å². The summed E-state index contributed by atoms with van der Waals surface area (Å²) in [5, 5.41) is 1.27. The Kier molecular flexibility index (Phi) is 7.00. The van der Waals surface area contributed by atoms with E-state index >= 15 is 0 Å². The van der Waals surface area contributed by atoms with Gasteiger partial charge in [0.25, 0.3) is 0 Å². The minimum atomic E-state index is 0.441. The Balaban J connectivity index is 1.54. The molecule has 0 bridgehead atoms. The van der Waals surface area contributed by atoms with Gasteiger partial charge < -0.3 is 9.47 Å². The molecule has 2 aromatic carbocycles. The highest BCUT2D eigenvalue weighted by atomic mass is 35.5. The summed E-state index contributed by atoms with van der Waals surface area (Å²) in [6, 6.07) is 13.7. The lowest BCUT2D eigenvalue weighted by atomic mass is 10.1. The van der Waals surface area contributed by atoms with E-state index < -0.39 is 0 Å².